The normalized spacial score (nSPS) is 23.8. The second-order valence-corrected chi connectivity index (χ2v) is 4.39. The van der Waals surface area contributed by atoms with E-state index in [2.05, 4.69) is 24.1 Å². The molecule has 0 saturated heterocycles. The third-order valence-corrected chi connectivity index (χ3v) is 2.77. The summed E-state index contributed by atoms with van der Waals surface area (Å²) < 4.78 is 5.53. The van der Waals surface area contributed by atoms with Crippen LogP contribution in [0.3, 0.4) is 0 Å². The van der Waals surface area contributed by atoms with Gasteiger partial charge in [-0.2, -0.15) is 0 Å². The highest BCUT2D eigenvalue weighted by Crippen LogP contribution is 2.41. The first-order valence-corrected chi connectivity index (χ1v) is 4.87. The van der Waals surface area contributed by atoms with Gasteiger partial charge in [0.2, 0.25) is 0 Å². The van der Waals surface area contributed by atoms with Gasteiger partial charge >= 0.3 is 0 Å². The van der Waals surface area contributed by atoms with Crippen molar-refractivity contribution >= 4 is 5.69 Å². The summed E-state index contributed by atoms with van der Waals surface area (Å²) >= 11 is 0. The average Bonchev–Trinajstić information content (AvgIpc) is 2.17. The maximum Gasteiger partial charge on any atom is 0.108 e. The monoisotopic (exact) mass is 192 g/mol. The van der Waals surface area contributed by atoms with Gasteiger partial charge in [-0.3, -0.25) is 4.98 Å². The minimum atomic E-state index is 0.0833. The van der Waals surface area contributed by atoms with E-state index in [-0.39, 0.29) is 11.5 Å². The molecule has 1 aliphatic rings. The summed E-state index contributed by atoms with van der Waals surface area (Å²) in [4.78, 5) is 4.38. The minimum absolute atomic E-state index is 0.0833. The minimum Gasteiger partial charge on any atom is -0.383 e. The van der Waals surface area contributed by atoms with Crippen molar-refractivity contribution in [1.29, 1.82) is 0 Å². The molecule has 0 radical (unpaired) electrons. The third-order valence-electron chi connectivity index (χ3n) is 2.77. The van der Waals surface area contributed by atoms with Crippen LogP contribution in [-0.2, 0) is 4.74 Å². The predicted octanol–water partition coefficient (Wildman–Crippen LogP) is 2.22. The third kappa shape index (κ3) is 1.38. The summed E-state index contributed by atoms with van der Waals surface area (Å²) in [5.41, 5.74) is 2.21. The Labute approximate surface area is 84.5 Å². The number of fused-ring (bicyclic) bond motifs is 1. The molecule has 0 aromatic carbocycles. The quantitative estimate of drug-likeness (QED) is 0.740. The zero-order valence-corrected chi connectivity index (χ0v) is 8.87. The second kappa shape index (κ2) is 3.24. The van der Waals surface area contributed by atoms with E-state index in [0.29, 0.717) is 0 Å². The number of aromatic nitrogens is 1. The fraction of sp³-hybridized carbons (Fsp3) is 0.545. The lowest BCUT2D eigenvalue weighted by Gasteiger charge is -2.38. The molecular weight excluding hydrogens is 176 g/mol. The molecule has 3 nitrogen and oxygen atoms in total. The SMILES string of the molecule is COC1c2ncccc2NCC1(C)C. The highest BCUT2D eigenvalue weighted by atomic mass is 16.5. The second-order valence-electron chi connectivity index (χ2n) is 4.39. The van der Waals surface area contributed by atoms with Crippen LogP contribution in [0.2, 0.25) is 0 Å². The highest BCUT2D eigenvalue weighted by molar-refractivity contribution is 5.51. The molecule has 0 amide bonds. The average molecular weight is 192 g/mol. The number of methoxy groups -OCH3 is 1. The number of nitrogens with zero attached hydrogens (tertiary/aromatic N) is 1. The van der Waals surface area contributed by atoms with Crippen LogP contribution in [0.4, 0.5) is 5.69 Å². The first-order chi connectivity index (χ1) is 6.65. The molecule has 1 atom stereocenters. The van der Waals surface area contributed by atoms with Crippen LogP contribution in [0.25, 0.3) is 0 Å². The molecule has 1 aromatic heterocycles. The molecule has 0 fully saturated rings. The van der Waals surface area contributed by atoms with Gasteiger partial charge in [0.15, 0.2) is 0 Å². The zero-order valence-electron chi connectivity index (χ0n) is 8.87. The lowest BCUT2D eigenvalue weighted by atomic mass is 9.81. The fourth-order valence-corrected chi connectivity index (χ4v) is 1.99. The number of anilines is 1. The lowest BCUT2D eigenvalue weighted by molar-refractivity contribution is 0.00539. The van der Waals surface area contributed by atoms with E-state index >= 15 is 0 Å². The molecule has 3 heteroatoms. The van der Waals surface area contributed by atoms with E-state index in [1.807, 2.05) is 18.3 Å². The lowest BCUT2D eigenvalue weighted by Crippen LogP contribution is -2.36. The van der Waals surface area contributed by atoms with Gasteiger partial charge < -0.3 is 10.1 Å². The summed E-state index contributed by atoms with van der Waals surface area (Å²) in [5.74, 6) is 0. The Kier molecular flexibility index (Phi) is 2.19. The Bertz CT molecular complexity index is 336. The van der Waals surface area contributed by atoms with Crippen LogP contribution < -0.4 is 5.32 Å². The first-order valence-electron chi connectivity index (χ1n) is 4.87. The maximum absolute atomic E-state index is 5.53. The van der Waals surface area contributed by atoms with Crippen LogP contribution in [0.15, 0.2) is 18.3 Å². The van der Waals surface area contributed by atoms with Crippen molar-refractivity contribution in [3.63, 3.8) is 0 Å². The van der Waals surface area contributed by atoms with Gasteiger partial charge in [0.1, 0.15) is 6.10 Å². The fourth-order valence-electron chi connectivity index (χ4n) is 1.99. The van der Waals surface area contributed by atoms with E-state index in [4.69, 9.17) is 4.74 Å². The van der Waals surface area contributed by atoms with Gasteiger partial charge in [-0.05, 0) is 12.1 Å². The van der Waals surface area contributed by atoms with Crippen molar-refractivity contribution in [3.05, 3.63) is 24.0 Å². The van der Waals surface area contributed by atoms with E-state index in [0.717, 1.165) is 17.9 Å². The number of pyridine rings is 1. The zero-order chi connectivity index (χ0) is 10.2. The summed E-state index contributed by atoms with van der Waals surface area (Å²) in [7, 11) is 1.75. The van der Waals surface area contributed by atoms with Gasteiger partial charge in [0, 0.05) is 25.3 Å². The molecule has 1 unspecified atom stereocenters. The van der Waals surface area contributed by atoms with E-state index in [1.165, 1.54) is 0 Å². The Morgan fingerprint density at radius 1 is 1.57 bits per heavy atom. The van der Waals surface area contributed by atoms with Crippen LogP contribution in [-0.4, -0.2) is 18.6 Å². The van der Waals surface area contributed by atoms with Crippen LogP contribution in [0.1, 0.15) is 25.6 Å². The topological polar surface area (TPSA) is 34.1 Å². The molecule has 1 aromatic rings. The number of rotatable bonds is 1. The van der Waals surface area contributed by atoms with Gasteiger partial charge in [-0.25, -0.2) is 0 Å². The van der Waals surface area contributed by atoms with Crippen molar-refractivity contribution in [2.24, 2.45) is 5.41 Å². The Balaban J connectivity index is 2.45. The highest BCUT2D eigenvalue weighted by Gasteiger charge is 2.36. The van der Waals surface area contributed by atoms with Gasteiger partial charge in [0.25, 0.3) is 0 Å². The van der Waals surface area contributed by atoms with Crippen LogP contribution in [0, 0.1) is 5.41 Å². The molecule has 76 valence electrons. The standard InChI is InChI=1S/C11H16N2O/c1-11(2)7-13-8-5-4-6-12-9(8)10(11)14-3/h4-6,10,13H,7H2,1-3H3. The molecule has 14 heavy (non-hydrogen) atoms. The van der Waals surface area contributed by atoms with Crippen molar-refractivity contribution in [3.8, 4) is 0 Å². The molecule has 0 spiro atoms. The number of nitrogens with one attached hydrogen (secondary N) is 1. The smallest absolute Gasteiger partial charge is 0.108 e. The number of ether oxygens (including phenoxy) is 1. The Hall–Kier alpha value is -1.09. The summed E-state index contributed by atoms with van der Waals surface area (Å²) in [6.45, 7) is 5.29. The predicted molar refractivity (Wildman–Crippen MR) is 56.3 cm³/mol. The molecular formula is C11H16N2O. The largest absolute Gasteiger partial charge is 0.383 e. The molecule has 2 heterocycles. The molecule has 2 rings (SSSR count). The Morgan fingerprint density at radius 3 is 3.07 bits per heavy atom. The van der Waals surface area contributed by atoms with Crippen LogP contribution >= 0.6 is 0 Å². The summed E-state index contributed by atoms with van der Waals surface area (Å²) in [6.07, 6.45) is 1.90. The van der Waals surface area contributed by atoms with Crippen molar-refractivity contribution in [2.75, 3.05) is 19.0 Å². The van der Waals surface area contributed by atoms with E-state index in [9.17, 15) is 0 Å². The van der Waals surface area contributed by atoms with E-state index < -0.39 is 0 Å². The molecule has 0 saturated carbocycles. The van der Waals surface area contributed by atoms with Crippen molar-refractivity contribution < 1.29 is 4.74 Å². The molecule has 0 aliphatic carbocycles. The van der Waals surface area contributed by atoms with Crippen molar-refractivity contribution in [2.45, 2.75) is 20.0 Å². The van der Waals surface area contributed by atoms with Crippen LogP contribution in [0.5, 0.6) is 0 Å². The maximum atomic E-state index is 5.53. The molecule has 1 aliphatic heterocycles. The molecule has 1 N–H and O–H groups in total. The summed E-state index contributed by atoms with van der Waals surface area (Å²) in [6, 6.07) is 3.99. The first kappa shape index (κ1) is 9.46. The number of hydrogen-bond acceptors (Lipinski definition) is 3. The Morgan fingerprint density at radius 2 is 2.36 bits per heavy atom. The van der Waals surface area contributed by atoms with Crippen molar-refractivity contribution in [1.82, 2.24) is 4.98 Å². The summed E-state index contributed by atoms with van der Waals surface area (Å²) in [5, 5.41) is 3.37. The molecule has 0 bridgehead atoms. The number of hydrogen-bond donors (Lipinski definition) is 1. The van der Waals surface area contributed by atoms with E-state index in [1.54, 1.807) is 7.11 Å². The van der Waals surface area contributed by atoms with Gasteiger partial charge in [0.05, 0.1) is 11.4 Å². The van der Waals surface area contributed by atoms with Gasteiger partial charge in [-0.15, -0.1) is 0 Å². The van der Waals surface area contributed by atoms with Gasteiger partial charge in [-0.1, -0.05) is 13.8 Å².